The van der Waals surface area contributed by atoms with Gasteiger partial charge in [0.25, 0.3) is 0 Å². The number of aliphatic carboxylic acids is 1. The lowest BCUT2D eigenvalue weighted by Crippen LogP contribution is -2.54. The Labute approximate surface area is 186 Å². The summed E-state index contributed by atoms with van der Waals surface area (Å²) in [5.74, 6) is -0.756. The van der Waals surface area contributed by atoms with E-state index in [9.17, 15) is 19.1 Å². The lowest BCUT2D eigenvalue weighted by molar-refractivity contribution is -0.154. The minimum Gasteiger partial charge on any atom is -0.494 e. The van der Waals surface area contributed by atoms with Gasteiger partial charge >= 0.3 is 5.97 Å². The molecule has 0 bridgehead atoms. The Morgan fingerprint density at radius 3 is 2.94 bits per heavy atom. The number of methoxy groups -OCH3 is 1. The summed E-state index contributed by atoms with van der Waals surface area (Å²) in [5.41, 5.74) is 2.73. The van der Waals surface area contributed by atoms with Crippen LogP contribution in [0.25, 0.3) is 0 Å². The van der Waals surface area contributed by atoms with Crippen LogP contribution in [0.5, 0.6) is 5.75 Å². The minimum absolute atomic E-state index is 0.0763. The van der Waals surface area contributed by atoms with Crippen LogP contribution in [-0.4, -0.2) is 47.1 Å². The fourth-order valence-electron chi connectivity index (χ4n) is 4.52. The number of β-lactam (4-membered cyclic amide) rings is 1. The van der Waals surface area contributed by atoms with Gasteiger partial charge < -0.3 is 20.1 Å². The highest BCUT2D eigenvalue weighted by Crippen LogP contribution is 2.36. The monoisotopic (exact) mass is 441 g/mol. The molecule has 170 valence electrons. The number of rotatable bonds is 9. The molecule has 1 amide bonds. The molecule has 0 spiro atoms. The molecule has 7 nitrogen and oxygen atoms in total. The largest absolute Gasteiger partial charge is 0.494 e. The van der Waals surface area contributed by atoms with Crippen LogP contribution in [0.2, 0.25) is 0 Å². The van der Waals surface area contributed by atoms with Crippen LogP contribution in [0, 0.1) is 11.7 Å². The van der Waals surface area contributed by atoms with Crippen molar-refractivity contribution in [1.82, 2.24) is 9.88 Å². The summed E-state index contributed by atoms with van der Waals surface area (Å²) in [6.45, 7) is 1.43. The number of pyridine rings is 1. The number of carboxylic acid groups (broad SMARTS) is 1. The molecule has 1 saturated heterocycles. The van der Waals surface area contributed by atoms with Crippen LogP contribution < -0.4 is 10.1 Å². The van der Waals surface area contributed by atoms with Gasteiger partial charge in [0.15, 0.2) is 11.6 Å². The maximum absolute atomic E-state index is 14.2. The summed E-state index contributed by atoms with van der Waals surface area (Å²) in [4.78, 5) is 30.4. The number of halogens is 1. The molecular weight excluding hydrogens is 413 g/mol. The molecule has 2 aliphatic heterocycles. The van der Waals surface area contributed by atoms with Crippen molar-refractivity contribution >= 4 is 17.7 Å². The predicted octanol–water partition coefficient (Wildman–Crippen LogP) is 3.58. The first-order valence-corrected chi connectivity index (χ1v) is 11.0. The second-order valence-electron chi connectivity index (χ2n) is 8.43. The number of aryl methyl sites for hydroxylation is 2. The fourth-order valence-corrected chi connectivity index (χ4v) is 4.52. The minimum atomic E-state index is -1.03. The first kappa shape index (κ1) is 22.0. The summed E-state index contributed by atoms with van der Waals surface area (Å²) >= 11 is 0. The topological polar surface area (TPSA) is 91.8 Å². The molecule has 32 heavy (non-hydrogen) atoms. The van der Waals surface area contributed by atoms with E-state index in [4.69, 9.17) is 9.72 Å². The lowest BCUT2D eigenvalue weighted by atomic mass is 9.88. The number of amides is 1. The quantitative estimate of drug-likeness (QED) is 0.578. The predicted molar refractivity (Wildman–Crippen MR) is 117 cm³/mol. The second kappa shape index (κ2) is 9.54. The van der Waals surface area contributed by atoms with Crippen molar-refractivity contribution in [2.24, 2.45) is 5.92 Å². The Balaban J connectivity index is 1.34. The van der Waals surface area contributed by atoms with Gasteiger partial charge in [0.05, 0.1) is 25.5 Å². The standard InChI is InChI=1S/C24H28FN3O4/c1-32-21-10-8-16(12-19(21)25)20(13-22(29)30)28-14-17(24(28)31)4-2-6-18-9-7-15-5-3-11-26-23(15)27-18/h7-10,12,17,20H,2-6,11,13-14H2,1H3,(H,26,27)(H,29,30)/t17?,20-/m0/s1. The lowest BCUT2D eigenvalue weighted by Gasteiger charge is -2.43. The van der Waals surface area contributed by atoms with E-state index < -0.39 is 17.8 Å². The molecule has 1 fully saturated rings. The molecule has 8 heteroatoms. The number of anilines is 1. The molecule has 1 aromatic carbocycles. The van der Waals surface area contributed by atoms with Gasteiger partial charge in [-0.2, -0.15) is 0 Å². The molecule has 4 rings (SSSR count). The number of hydrogen-bond acceptors (Lipinski definition) is 5. The second-order valence-corrected chi connectivity index (χ2v) is 8.43. The van der Waals surface area contributed by atoms with E-state index >= 15 is 0 Å². The van der Waals surface area contributed by atoms with Crippen LogP contribution in [0.1, 0.15) is 48.5 Å². The number of nitrogens with one attached hydrogen (secondary N) is 1. The number of aromatic nitrogens is 1. The first-order chi connectivity index (χ1) is 15.5. The maximum atomic E-state index is 14.2. The van der Waals surface area contributed by atoms with Crippen LogP contribution in [0.15, 0.2) is 30.3 Å². The first-order valence-electron chi connectivity index (χ1n) is 11.0. The Hall–Kier alpha value is -3.16. The summed E-state index contributed by atoms with van der Waals surface area (Å²) in [6, 6.07) is 7.83. The van der Waals surface area contributed by atoms with Gasteiger partial charge in [-0.25, -0.2) is 9.37 Å². The molecule has 0 saturated carbocycles. The van der Waals surface area contributed by atoms with E-state index in [-0.39, 0.29) is 24.0 Å². The molecule has 1 aromatic heterocycles. The summed E-state index contributed by atoms with van der Waals surface area (Å²) in [7, 11) is 1.37. The van der Waals surface area contributed by atoms with Gasteiger partial charge in [-0.05, 0) is 61.4 Å². The van der Waals surface area contributed by atoms with Crippen molar-refractivity contribution < 1.29 is 23.8 Å². The van der Waals surface area contributed by atoms with Crippen LogP contribution in [0.3, 0.4) is 0 Å². The number of carboxylic acids is 1. The molecule has 3 heterocycles. The summed E-state index contributed by atoms with van der Waals surface area (Å²) in [5, 5.41) is 12.7. The third kappa shape index (κ3) is 4.69. The van der Waals surface area contributed by atoms with Crippen molar-refractivity contribution in [2.45, 2.75) is 44.6 Å². The van der Waals surface area contributed by atoms with E-state index in [1.807, 2.05) is 0 Å². The zero-order valence-electron chi connectivity index (χ0n) is 18.1. The van der Waals surface area contributed by atoms with Crippen molar-refractivity contribution in [3.63, 3.8) is 0 Å². The maximum Gasteiger partial charge on any atom is 0.305 e. The Morgan fingerprint density at radius 1 is 1.38 bits per heavy atom. The molecule has 0 radical (unpaired) electrons. The van der Waals surface area contributed by atoms with E-state index in [0.29, 0.717) is 12.1 Å². The van der Waals surface area contributed by atoms with Gasteiger partial charge in [-0.15, -0.1) is 0 Å². The zero-order valence-corrected chi connectivity index (χ0v) is 18.1. The van der Waals surface area contributed by atoms with Crippen molar-refractivity contribution in [3.8, 4) is 5.75 Å². The van der Waals surface area contributed by atoms with E-state index in [2.05, 4.69) is 17.4 Å². The van der Waals surface area contributed by atoms with Crippen LogP contribution in [-0.2, 0) is 22.4 Å². The number of hydrogen-bond donors (Lipinski definition) is 2. The molecule has 1 unspecified atom stereocenters. The summed E-state index contributed by atoms with van der Waals surface area (Å²) in [6.07, 6.45) is 4.25. The molecule has 2 N–H and O–H groups in total. The highest BCUT2D eigenvalue weighted by Gasteiger charge is 2.41. The van der Waals surface area contributed by atoms with Gasteiger partial charge in [-0.1, -0.05) is 12.1 Å². The van der Waals surface area contributed by atoms with Gasteiger partial charge in [0, 0.05) is 18.8 Å². The number of benzene rings is 1. The average molecular weight is 442 g/mol. The Bertz CT molecular complexity index is 1010. The van der Waals surface area contributed by atoms with Gasteiger partial charge in [0.1, 0.15) is 5.82 Å². The normalized spacial score (nSPS) is 18.4. The number of ether oxygens (including phenoxy) is 1. The molecular formula is C24H28FN3O4. The molecule has 2 aromatic rings. The number of nitrogens with zero attached hydrogens (tertiary/aromatic N) is 2. The number of carbonyl (C=O) groups excluding carboxylic acids is 1. The SMILES string of the molecule is COc1ccc([C@H](CC(=O)O)N2CC(CCCc3ccc4c(n3)NCCC4)C2=O)cc1F. The van der Waals surface area contributed by atoms with E-state index in [1.54, 1.807) is 11.0 Å². The molecule has 2 aliphatic rings. The third-order valence-electron chi connectivity index (χ3n) is 6.29. The van der Waals surface area contributed by atoms with E-state index in [0.717, 1.165) is 50.2 Å². The fraction of sp³-hybridized carbons (Fsp3) is 0.458. The third-order valence-corrected chi connectivity index (χ3v) is 6.29. The Kier molecular flexibility index (Phi) is 6.58. The molecule has 2 atom stereocenters. The van der Waals surface area contributed by atoms with E-state index in [1.165, 1.54) is 24.8 Å². The number of fused-ring (bicyclic) bond motifs is 1. The van der Waals surface area contributed by atoms with Crippen LogP contribution in [0.4, 0.5) is 10.2 Å². The van der Waals surface area contributed by atoms with Gasteiger partial charge in [0.2, 0.25) is 5.91 Å². The number of carbonyl (C=O) groups is 2. The Morgan fingerprint density at radius 2 is 2.22 bits per heavy atom. The van der Waals surface area contributed by atoms with Crippen molar-refractivity contribution in [2.75, 3.05) is 25.5 Å². The molecule has 0 aliphatic carbocycles. The van der Waals surface area contributed by atoms with Crippen LogP contribution >= 0.6 is 0 Å². The highest BCUT2D eigenvalue weighted by molar-refractivity contribution is 5.85. The van der Waals surface area contributed by atoms with Gasteiger partial charge in [-0.3, -0.25) is 9.59 Å². The average Bonchev–Trinajstić information content (AvgIpc) is 2.79. The highest BCUT2D eigenvalue weighted by atomic mass is 19.1. The zero-order chi connectivity index (χ0) is 22.7. The summed E-state index contributed by atoms with van der Waals surface area (Å²) < 4.78 is 19.1. The van der Waals surface area contributed by atoms with Crippen molar-refractivity contribution in [3.05, 3.63) is 53.0 Å². The van der Waals surface area contributed by atoms with Crippen molar-refractivity contribution in [1.29, 1.82) is 0 Å². The number of likely N-dealkylation sites (tertiary alicyclic amines) is 1. The smallest absolute Gasteiger partial charge is 0.305 e.